The Bertz CT molecular complexity index is 272. The zero-order valence-corrected chi connectivity index (χ0v) is 11.5. The van der Waals surface area contributed by atoms with Gasteiger partial charge in [-0.2, -0.15) is 0 Å². The largest absolute Gasteiger partial charge is 0.481 e. The fourth-order valence-corrected chi connectivity index (χ4v) is 1.56. The van der Waals surface area contributed by atoms with Crippen LogP contribution < -0.4 is 5.32 Å². The van der Waals surface area contributed by atoms with Crippen molar-refractivity contribution in [2.45, 2.75) is 47.5 Å². The smallest absolute Gasteiger partial charge is 0.310 e. The molecule has 100 valence electrons. The first-order chi connectivity index (χ1) is 7.70. The third kappa shape index (κ3) is 5.71. The molecule has 0 bridgehead atoms. The molecule has 0 aliphatic heterocycles. The summed E-state index contributed by atoms with van der Waals surface area (Å²) in [7, 11) is 0. The molecular weight excluding hydrogens is 218 g/mol. The summed E-state index contributed by atoms with van der Waals surface area (Å²) < 4.78 is 0. The minimum absolute atomic E-state index is 0.0557. The number of hydrogen-bond acceptors (Lipinski definition) is 2. The molecule has 1 unspecified atom stereocenters. The van der Waals surface area contributed by atoms with Crippen molar-refractivity contribution in [2.24, 2.45) is 17.3 Å². The first kappa shape index (κ1) is 15.9. The summed E-state index contributed by atoms with van der Waals surface area (Å²) in [4.78, 5) is 22.6. The van der Waals surface area contributed by atoms with E-state index in [0.29, 0.717) is 18.3 Å². The van der Waals surface area contributed by atoms with Gasteiger partial charge in [0.25, 0.3) is 0 Å². The molecule has 0 spiro atoms. The Morgan fingerprint density at radius 2 is 1.82 bits per heavy atom. The minimum atomic E-state index is -0.908. The molecule has 0 rings (SSSR count). The Kier molecular flexibility index (Phi) is 6.21. The number of carbonyl (C=O) groups excluding carboxylic acids is 1. The van der Waals surface area contributed by atoms with Gasteiger partial charge in [-0.25, -0.2) is 0 Å². The van der Waals surface area contributed by atoms with Gasteiger partial charge in [-0.3, -0.25) is 9.59 Å². The topological polar surface area (TPSA) is 66.4 Å². The number of carboxylic acids is 1. The van der Waals surface area contributed by atoms with Crippen LogP contribution in [0.15, 0.2) is 0 Å². The molecule has 2 N–H and O–H groups in total. The molecule has 4 nitrogen and oxygen atoms in total. The molecule has 0 saturated carbocycles. The van der Waals surface area contributed by atoms with Crippen LogP contribution in [-0.2, 0) is 9.59 Å². The van der Waals surface area contributed by atoms with Crippen LogP contribution in [0.3, 0.4) is 0 Å². The molecule has 0 heterocycles. The van der Waals surface area contributed by atoms with Crippen LogP contribution in [0.2, 0.25) is 0 Å². The van der Waals surface area contributed by atoms with Crippen molar-refractivity contribution in [3.8, 4) is 0 Å². The van der Waals surface area contributed by atoms with Crippen LogP contribution in [0.25, 0.3) is 0 Å². The lowest BCUT2D eigenvalue weighted by Crippen LogP contribution is -2.39. The first-order valence-electron chi connectivity index (χ1n) is 6.20. The average molecular weight is 243 g/mol. The molecule has 0 aliphatic carbocycles. The fourth-order valence-electron chi connectivity index (χ4n) is 1.56. The maximum Gasteiger partial charge on any atom is 0.310 e. The van der Waals surface area contributed by atoms with Crippen molar-refractivity contribution in [1.29, 1.82) is 0 Å². The molecular formula is C13H25NO3. The van der Waals surface area contributed by atoms with Gasteiger partial charge in [0, 0.05) is 13.0 Å². The Labute approximate surface area is 104 Å². The molecule has 0 aliphatic rings. The summed E-state index contributed by atoms with van der Waals surface area (Å²) in [6.45, 7) is 9.66. The highest BCUT2D eigenvalue weighted by atomic mass is 16.4. The molecule has 4 heteroatoms. The maximum atomic E-state index is 11.7. The fraction of sp³-hybridized carbons (Fsp3) is 0.846. The van der Waals surface area contributed by atoms with Gasteiger partial charge in [-0.1, -0.05) is 27.2 Å². The van der Waals surface area contributed by atoms with Gasteiger partial charge in [-0.05, 0) is 25.7 Å². The number of aliphatic carboxylic acids is 1. The molecule has 17 heavy (non-hydrogen) atoms. The van der Waals surface area contributed by atoms with E-state index < -0.39 is 11.4 Å². The second-order valence-electron chi connectivity index (χ2n) is 5.58. The van der Waals surface area contributed by atoms with Crippen LogP contribution >= 0.6 is 0 Å². The van der Waals surface area contributed by atoms with Gasteiger partial charge in [0.15, 0.2) is 0 Å². The Morgan fingerprint density at radius 3 is 2.18 bits per heavy atom. The van der Waals surface area contributed by atoms with E-state index in [4.69, 9.17) is 5.11 Å². The summed E-state index contributed by atoms with van der Waals surface area (Å²) >= 11 is 0. The molecule has 1 atom stereocenters. The maximum absolute atomic E-state index is 11.7. The standard InChI is InChI=1S/C13H25NO3/c1-6-10(9(2)3)7-11(15)14-8-13(4,5)12(16)17/h9-10H,6-8H2,1-5H3,(H,14,15)(H,16,17). The normalized spacial score (nSPS) is 13.5. The van der Waals surface area contributed by atoms with Crippen molar-refractivity contribution in [2.75, 3.05) is 6.54 Å². The number of amides is 1. The highest BCUT2D eigenvalue weighted by Gasteiger charge is 2.27. The molecule has 0 fully saturated rings. The van der Waals surface area contributed by atoms with Crippen molar-refractivity contribution >= 4 is 11.9 Å². The lowest BCUT2D eigenvalue weighted by Gasteiger charge is -2.22. The van der Waals surface area contributed by atoms with Gasteiger partial charge in [0.05, 0.1) is 5.41 Å². The van der Waals surface area contributed by atoms with Crippen LogP contribution in [0.5, 0.6) is 0 Å². The summed E-state index contributed by atoms with van der Waals surface area (Å²) in [6, 6.07) is 0. The minimum Gasteiger partial charge on any atom is -0.481 e. The number of carboxylic acid groups (broad SMARTS) is 1. The number of hydrogen-bond donors (Lipinski definition) is 2. The number of nitrogens with one attached hydrogen (secondary N) is 1. The van der Waals surface area contributed by atoms with Gasteiger partial charge >= 0.3 is 5.97 Å². The highest BCUT2D eigenvalue weighted by Crippen LogP contribution is 2.19. The Morgan fingerprint density at radius 1 is 1.29 bits per heavy atom. The first-order valence-corrected chi connectivity index (χ1v) is 6.20. The Hall–Kier alpha value is -1.06. The van der Waals surface area contributed by atoms with E-state index in [9.17, 15) is 9.59 Å². The van der Waals surface area contributed by atoms with Crippen LogP contribution in [0, 0.1) is 17.3 Å². The molecule has 0 aromatic rings. The van der Waals surface area contributed by atoms with E-state index in [2.05, 4.69) is 26.1 Å². The lowest BCUT2D eigenvalue weighted by molar-refractivity contribution is -0.146. The molecule has 0 saturated heterocycles. The summed E-state index contributed by atoms with van der Waals surface area (Å²) in [5, 5.41) is 11.6. The monoisotopic (exact) mass is 243 g/mol. The van der Waals surface area contributed by atoms with E-state index in [1.165, 1.54) is 0 Å². The van der Waals surface area contributed by atoms with Gasteiger partial charge in [0.1, 0.15) is 0 Å². The predicted molar refractivity (Wildman–Crippen MR) is 67.7 cm³/mol. The van der Waals surface area contributed by atoms with E-state index in [0.717, 1.165) is 6.42 Å². The lowest BCUT2D eigenvalue weighted by atomic mass is 9.89. The summed E-state index contributed by atoms with van der Waals surface area (Å²) in [6.07, 6.45) is 1.44. The predicted octanol–water partition coefficient (Wildman–Crippen LogP) is 2.29. The van der Waals surface area contributed by atoms with Gasteiger partial charge < -0.3 is 10.4 Å². The second-order valence-corrected chi connectivity index (χ2v) is 5.58. The van der Waals surface area contributed by atoms with Crippen molar-refractivity contribution < 1.29 is 14.7 Å². The molecule has 0 aromatic carbocycles. The van der Waals surface area contributed by atoms with Gasteiger partial charge in [-0.15, -0.1) is 0 Å². The SMILES string of the molecule is CCC(CC(=O)NCC(C)(C)C(=O)O)C(C)C. The van der Waals surface area contributed by atoms with Crippen molar-refractivity contribution in [1.82, 2.24) is 5.32 Å². The van der Waals surface area contributed by atoms with Crippen LogP contribution in [0.1, 0.15) is 47.5 Å². The summed E-state index contributed by atoms with van der Waals surface area (Å²) in [5.41, 5.74) is -0.908. The van der Waals surface area contributed by atoms with E-state index in [1.54, 1.807) is 13.8 Å². The third-order valence-corrected chi connectivity index (χ3v) is 3.22. The molecule has 1 amide bonds. The van der Waals surface area contributed by atoms with Crippen molar-refractivity contribution in [3.05, 3.63) is 0 Å². The van der Waals surface area contributed by atoms with Crippen LogP contribution in [0.4, 0.5) is 0 Å². The summed E-state index contributed by atoms with van der Waals surface area (Å²) in [5.74, 6) is -0.116. The zero-order chi connectivity index (χ0) is 13.6. The Balaban J connectivity index is 4.16. The molecule has 0 radical (unpaired) electrons. The zero-order valence-electron chi connectivity index (χ0n) is 11.5. The average Bonchev–Trinajstić information content (AvgIpc) is 2.22. The third-order valence-electron chi connectivity index (χ3n) is 3.22. The quantitative estimate of drug-likeness (QED) is 0.721. The molecule has 0 aromatic heterocycles. The van der Waals surface area contributed by atoms with E-state index >= 15 is 0 Å². The highest BCUT2D eigenvalue weighted by molar-refractivity contribution is 5.78. The van der Waals surface area contributed by atoms with E-state index in [-0.39, 0.29) is 12.5 Å². The van der Waals surface area contributed by atoms with E-state index in [1.807, 2.05) is 0 Å². The van der Waals surface area contributed by atoms with Gasteiger partial charge in [0.2, 0.25) is 5.91 Å². The number of rotatable bonds is 7. The second kappa shape index (κ2) is 6.62. The van der Waals surface area contributed by atoms with Crippen molar-refractivity contribution in [3.63, 3.8) is 0 Å². The number of carbonyl (C=O) groups is 2. The van der Waals surface area contributed by atoms with Crippen LogP contribution in [-0.4, -0.2) is 23.5 Å².